The molecule has 3 aromatic carbocycles. The molecule has 0 aromatic heterocycles. The first-order valence-corrected chi connectivity index (χ1v) is 12.3. The van der Waals surface area contributed by atoms with Gasteiger partial charge in [0.05, 0.1) is 13.2 Å². The molecule has 180 valence electrons. The molecule has 2 unspecified atom stereocenters. The summed E-state index contributed by atoms with van der Waals surface area (Å²) in [5, 5.41) is 0. The average Bonchev–Trinajstić information content (AvgIpc) is 2.90. The van der Waals surface area contributed by atoms with E-state index in [-0.39, 0.29) is 18.4 Å². The van der Waals surface area contributed by atoms with Crippen LogP contribution in [0.1, 0.15) is 49.7 Å². The van der Waals surface area contributed by atoms with Crippen LogP contribution in [0.15, 0.2) is 66.7 Å². The summed E-state index contributed by atoms with van der Waals surface area (Å²) >= 11 is 0. The van der Waals surface area contributed by atoms with Crippen LogP contribution in [-0.2, 0) is 9.47 Å². The normalized spacial score (nSPS) is 19.9. The van der Waals surface area contributed by atoms with Crippen molar-refractivity contribution in [3.05, 3.63) is 83.7 Å². The molecule has 4 nitrogen and oxygen atoms in total. The van der Waals surface area contributed by atoms with Gasteiger partial charge < -0.3 is 18.9 Å². The van der Waals surface area contributed by atoms with Gasteiger partial charge in [0.2, 0.25) is 0 Å². The van der Waals surface area contributed by atoms with Gasteiger partial charge in [-0.2, -0.15) is 0 Å². The molecule has 0 amide bonds. The number of rotatable bonds is 5. The molecular formula is C30H29FO4. The maximum atomic E-state index is 14.9. The van der Waals surface area contributed by atoms with Crippen molar-refractivity contribution in [2.45, 2.75) is 51.1 Å². The molecule has 0 spiro atoms. The SMILES string of the molecule is Fc1cc(C#Cc2ccc(OC3CCCCO3)cc2)ccc1-c1ccc(OC2CCCCO2)cc1. The molecule has 2 saturated heterocycles. The van der Waals surface area contributed by atoms with Gasteiger partial charge in [0.15, 0.2) is 12.6 Å². The Morgan fingerprint density at radius 1 is 0.657 bits per heavy atom. The molecular weight excluding hydrogens is 443 g/mol. The summed E-state index contributed by atoms with van der Waals surface area (Å²) in [5.74, 6) is 7.32. The second-order valence-corrected chi connectivity index (χ2v) is 8.82. The molecule has 35 heavy (non-hydrogen) atoms. The molecule has 2 heterocycles. The smallest absolute Gasteiger partial charge is 0.199 e. The van der Waals surface area contributed by atoms with E-state index in [0.29, 0.717) is 11.1 Å². The van der Waals surface area contributed by atoms with Gasteiger partial charge in [-0.1, -0.05) is 30.0 Å². The van der Waals surface area contributed by atoms with Crippen molar-refractivity contribution >= 4 is 0 Å². The van der Waals surface area contributed by atoms with E-state index in [1.807, 2.05) is 54.6 Å². The van der Waals surface area contributed by atoms with E-state index >= 15 is 0 Å². The highest BCUT2D eigenvalue weighted by Gasteiger charge is 2.16. The minimum absolute atomic E-state index is 0.170. The van der Waals surface area contributed by atoms with Crippen molar-refractivity contribution in [3.8, 4) is 34.5 Å². The van der Waals surface area contributed by atoms with E-state index in [9.17, 15) is 4.39 Å². The minimum Gasteiger partial charge on any atom is -0.465 e. The second kappa shape index (κ2) is 11.4. The second-order valence-electron chi connectivity index (χ2n) is 8.82. The molecule has 2 aliphatic heterocycles. The third-order valence-electron chi connectivity index (χ3n) is 6.15. The van der Waals surface area contributed by atoms with Crippen LogP contribution in [0.3, 0.4) is 0 Å². The Kier molecular flexibility index (Phi) is 7.62. The Morgan fingerprint density at radius 2 is 1.20 bits per heavy atom. The summed E-state index contributed by atoms with van der Waals surface area (Å²) in [6.45, 7) is 1.48. The molecule has 5 rings (SSSR count). The van der Waals surface area contributed by atoms with E-state index < -0.39 is 0 Å². The van der Waals surface area contributed by atoms with Crippen LogP contribution in [0.5, 0.6) is 11.5 Å². The van der Waals surface area contributed by atoms with E-state index in [1.54, 1.807) is 6.07 Å². The molecule has 0 aliphatic carbocycles. The number of ether oxygens (including phenoxy) is 4. The van der Waals surface area contributed by atoms with Crippen molar-refractivity contribution in [1.29, 1.82) is 0 Å². The van der Waals surface area contributed by atoms with Crippen LogP contribution in [0, 0.1) is 17.7 Å². The molecule has 0 bridgehead atoms. The molecule has 0 N–H and O–H groups in total. The fourth-order valence-corrected chi connectivity index (χ4v) is 4.21. The lowest BCUT2D eigenvalue weighted by atomic mass is 10.0. The van der Waals surface area contributed by atoms with Gasteiger partial charge in [0.25, 0.3) is 0 Å². The zero-order chi connectivity index (χ0) is 23.9. The molecule has 5 heteroatoms. The average molecular weight is 473 g/mol. The fourth-order valence-electron chi connectivity index (χ4n) is 4.21. The molecule has 3 aromatic rings. The molecule has 0 radical (unpaired) electrons. The first kappa shape index (κ1) is 23.4. The van der Waals surface area contributed by atoms with Crippen molar-refractivity contribution in [2.24, 2.45) is 0 Å². The van der Waals surface area contributed by atoms with Crippen LogP contribution in [0.4, 0.5) is 4.39 Å². The summed E-state index contributed by atoms with van der Waals surface area (Å²) in [4.78, 5) is 0. The lowest BCUT2D eigenvalue weighted by Crippen LogP contribution is -2.24. The zero-order valence-corrected chi connectivity index (χ0v) is 19.7. The lowest BCUT2D eigenvalue weighted by molar-refractivity contribution is -0.106. The topological polar surface area (TPSA) is 36.9 Å². The molecule has 0 saturated carbocycles. The van der Waals surface area contributed by atoms with Crippen molar-refractivity contribution in [1.82, 2.24) is 0 Å². The Morgan fingerprint density at radius 3 is 1.74 bits per heavy atom. The minimum atomic E-state index is -0.308. The largest absolute Gasteiger partial charge is 0.465 e. The predicted octanol–water partition coefficient (Wildman–Crippen LogP) is 6.70. The number of hydrogen-bond acceptors (Lipinski definition) is 4. The first-order valence-electron chi connectivity index (χ1n) is 12.3. The van der Waals surface area contributed by atoms with E-state index in [4.69, 9.17) is 18.9 Å². The summed E-state index contributed by atoms with van der Waals surface area (Å²) in [7, 11) is 0. The third kappa shape index (κ3) is 6.42. The predicted molar refractivity (Wildman–Crippen MR) is 133 cm³/mol. The van der Waals surface area contributed by atoms with E-state index in [0.717, 1.165) is 74.4 Å². The van der Waals surface area contributed by atoms with Crippen LogP contribution < -0.4 is 9.47 Å². The molecule has 2 aliphatic rings. The number of hydrogen-bond donors (Lipinski definition) is 0. The Hall–Kier alpha value is -3.33. The standard InChI is InChI=1S/C30H29FO4/c31-28-21-23(8-7-22-9-14-25(15-10-22)34-29-5-1-3-19-32-29)11-18-27(28)24-12-16-26(17-13-24)35-30-6-2-4-20-33-30/h9-18,21,29-30H,1-6,19-20H2. The first-order chi connectivity index (χ1) is 17.2. The Balaban J connectivity index is 1.21. The Labute approximate surface area is 206 Å². The van der Waals surface area contributed by atoms with Crippen LogP contribution >= 0.6 is 0 Å². The van der Waals surface area contributed by atoms with Gasteiger partial charge in [-0.15, -0.1) is 0 Å². The third-order valence-corrected chi connectivity index (χ3v) is 6.15. The van der Waals surface area contributed by atoms with Crippen molar-refractivity contribution in [3.63, 3.8) is 0 Å². The van der Waals surface area contributed by atoms with E-state index in [2.05, 4.69) is 11.8 Å². The Bertz CT molecular complexity index is 1170. The van der Waals surface area contributed by atoms with Crippen LogP contribution in [0.25, 0.3) is 11.1 Å². The highest BCUT2D eigenvalue weighted by molar-refractivity contribution is 5.66. The van der Waals surface area contributed by atoms with Gasteiger partial charge in [-0.05, 0) is 79.8 Å². The quantitative estimate of drug-likeness (QED) is 0.387. The number of halogens is 1. The van der Waals surface area contributed by atoms with Gasteiger partial charge in [0.1, 0.15) is 17.3 Å². The van der Waals surface area contributed by atoms with Gasteiger partial charge >= 0.3 is 0 Å². The monoisotopic (exact) mass is 472 g/mol. The van der Waals surface area contributed by atoms with E-state index in [1.165, 1.54) is 6.07 Å². The van der Waals surface area contributed by atoms with Gasteiger partial charge in [-0.25, -0.2) is 4.39 Å². The van der Waals surface area contributed by atoms with Gasteiger partial charge in [0, 0.05) is 29.5 Å². The maximum Gasteiger partial charge on any atom is 0.199 e. The van der Waals surface area contributed by atoms with Crippen LogP contribution in [-0.4, -0.2) is 25.8 Å². The number of benzene rings is 3. The lowest BCUT2D eigenvalue weighted by Gasteiger charge is -2.23. The fraction of sp³-hybridized carbons (Fsp3) is 0.333. The zero-order valence-electron chi connectivity index (χ0n) is 19.7. The summed E-state index contributed by atoms with van der Waals surface area (Å²) < 4.78 is 37.8. The summed E-state index contributed by atoms with van der Waals surface area (Å²) in [6, 6.07) is 20.1. The van der Waals surface area contributed by atoms with Crippen molar-refractivity contribution in [2.75, 3.05) is 13.2 Å². The highest BCUT2D eigenvalue weighted by atomic mass is 19.1. The van der Waals surface area contributed by atoms with Gasteiger partial charge in [-0.3, -0.25) is 0 Å². The van der Waals surface area contributed by atoms with Crippen molar-refractivity contribution < 1.29 is 23.3 Å². The molecule has 2 fully saturated rings. The summed E-state index contributed by atoms with van der Waals surface area (Å²) in [6.07, 6.45) is 5.85. The summed E-state index contributed by atoms with van der Waals surface area (Å²) in [5.41, 5.74) is 2.78. The maximum absolute atomic E-state index is 14.9. The molecule has 2 atom stereocenters. The highest BCUT2D eigenvalue weighted by Crippen LogP contribution is 2.27. The van der Waals surface area contributed by atoms with Crippen LogP contribution in [0.2, 0.25) is 0 Å².